The molecule has 1 saturated carbocycles. The zero-order chi connectivity index (χ0) is 19.5. The molecule has 0 radical (unpaired) electrons. The molecular weight excluding hydrogens is 350 g/mol. The van der Waals surface area contributed by atoms with Gasteiger partial charge in [0.1, 0.15) is 0 Å². The quantitative estimate of drug-likeness (QED) is 0.893. The first kappa shape index (κ1) is 18.2. The van der Waals surface area contributed by atoms with E-state index in [1.165, 1.54) is 0 Å². The number of nitriles is 1. The third-order valence-electron chi connectivity index (χ3n) is 5.47. The van der Waals surface area contributed by atoms with Crippen molar-refractivity contribution in [1.29, 1.82) is 5.26 Å². The molecule has 5 nitrogen and oxygen atoms in total. The van der Waals surface area contributed by atoms with Crippen LogP contribution in [-0.2, 0) is 4.79 Å². The van der Waals surface area contributed by atoms with Crippen molar-refractivity contribution < 1.29 is 9.59 Å². The van der Waals surface area contributed by atoms with Crippen LogP contribution in [0.3, 0.4) is 0 Å². The van der Waals surface area contributed by atoms with Gasteiger partial charge in [0, 0.05) is 30.6 Å². The third kappa shape index (κ3) is 4.07. The Hall–Kier alpha value is -3.13. The lowest BCUT2D eigenvalue weighted by molar-refractivity contribution is -0.133. The molecule has 2 aliphatic rings. The van der Waals surface area contributed by atoms with Crippen LogP contribution in [-0.4, -0.2) is 35.8 Å². The van der Waals surface area contributed by atoms with E-state index in [0.29, 0.717) is 17.7 Å². The van der Waals surface area contributed by atoms with Gasteiger partial charge in [0.2, 0.25) is 5.91 Å². The van der Waals surface area contributed by atoms with E-state index >= 15 is 0 Å². The molecule has 1 aliphatic heterocycles. The molecule has 0 aromatic heterocycles. The SMILES string of the molecule is N#Cc1cccc(-c2ccc(C(=O)NC3CCCN(C(=O)C4CC4)C3)cc2)c1. The van der Waals surface area contributed by atoms with E-state index in [2.05, 4.69) is 11.4 Å². The first-order chi connectivity index (χ1) is 13.6. The molecule has 2 amide bonds. The van der Waals surface area contributed by atoms with Gasteiger partial charge in [0.25, 0.3) is 5.91 Å². The number of likely N-dealkylation sites (tertiary alicyclic amines) is 1. The Bertz CT molecular complexity index is 926. The van der Waals surface area contributed by atoms with Crippen LogP contribution < -0.4 is 5.32 Å². The van der Waals surface area contributed by atoms with Crippen LogP contribution >= 0.6 is 0 Å². The molecule has 28 heavy (non-hydrogen) atoms. The highest BCUT2D eigenvalue weighted by atomic mass is 16.2. The normalized spacial score (nSPS) is 19.0. The van der Waals surface area contributed by atoms with Crippen molar-refractivity contribution >= 4 is 11.8 Å². The Kier molecular flexibility index (Phi) is 5.12. The summed E-state index contributed by atoms with van der Waals surface area (Å²) in [6.07, 6.45) is 3.85. The average molecular weight is 373 g/mol. The summed E-state index contributed by atoms with van der Waals surface area (Å²) in [7, 11) is 0. The van der Waals surface area contributed by atoms with Crippen LogP contribution in [0.1, 0.15) is 41.6 Å². The van der Waals surface area contributed by atoms with Crippen LogP contribution in [0.25, 0.3) is 11.1 Å². The van der Waals surface area contributed by atoms with Gasteiger partial charge in [-0.05, 0) is 61.1 Å². The molecule has 0 spiro atoms. The summed E-state index contributed by atoms with van der Waals surface area (Å²) in [5.74, 6) is 0.368. The highest BCUT2D eigenvalue weighted by molar-refractivity contribution is 5.95. The Morgan fingerprint density at radius 2 is 1.82 bits per heavy atom. The zero-order valence-corrected chi connectivity index (χ0v) is 15.7. The summed E-state index contributed by atoms with van der Waals surface area (Å²) in [4.78, 5) is 26.8. The van der Waals surface area contributed by atoms with Gasteiger partial charge in [-0.2, -0.15) is 5.26 Å². The lowest BCUT2D eigenvalue weighted by atomic mass is 10.0. The fourth-order valence-electron chi connectivity index (χ4n) is 3.73. The van der Waals surface area contributed by atoms with Gasteiger partial charge in [0.05, 0.1) is 11.6 Å². The first-order valence-electron chi connectivity index (χ1n) is 9.84. The average Bonchev–Trinajstić information content (AvgIpc) is 3.59. The lowest BCUT2D eigenvalue weighted by Gasteiger charge is -2.33. The summed E-state index contributed by atoms with van der Waals surface area (Å²) in [6, 6.07) is 17.0. The van der Waals surface area contributed by atoms with Crippen LogP contribution in [0, 0.1) is 17.2 Å². The number of carbonyl (C=O) groups excluding carboxylic acids is 2. The van der Waals surface area contributed by atoms with Crippen molar-refractivity contribution in [2.45, 2.75) is 31.7 Å². The number of nitrogens with zero attached hydrogens (tertiary/aromatic N) is 2. The number of piperidine rings is 1. The number of hydrogen-bond donors (Lipinski definition) is 1. The van der Waals surface area contributed by atoms with Crippen molar-refractivity contribution in [3.63, 3.8) is 0 Å². The lowest BCUT2D eigenvalue weighted by Crippen LogP contribution is -2.50. The summed E-state index contributed by atoms with van der Waals surface area (Å²) in [5.41, 5.74) is 3.13. The molecule has 1 aliphatic carbocycles. The molecule has 1 atom stereocenters. The maximum atomic E-state index is 12.6. The van der Waals surface area contributed by atoms with Crippen LogP contribution in [0.4, 0.5) is 0 Å². The fourth-order valence-corrected chi connectivity index (χ4v) is 3.73. The molecule has 1 heterocycles. The number of amides is 2. The highest BCUT2D eigenvalue weighted by Gasteiger charge is 2.35. The highest BCUT2D eigenvalue weighted by Crippen LogP contribution is 2.32. The zero-order valence-electron chi connectivity index (χ0n) is 15.7. The Balaban J connectivity index is 1.39. The minimum Gasteiger partial charge on any atom is -0.348 e. The van der Waals surface area contributed by atoms with Gasteiger partial charge in [-0.25, -0.2) is 0 Å². The van der Waals surface area contributed by atoms with Crippen LogP contribution in [0.2, 0.25) is 0 Å². The van der Waals surface area contributed by atoms with E-state index in [9.17, 15) is 9.59 Å². The van der Waals surface area contributed by atoms with Crippen molar-refractivity contribution in [3.05, 3.63) is 59.7 Å². The van der Waals surface area contributed by atoms with E-state index in [1.807, 2.05) is 35.2 Å². The van der Waals surface area contributed by atoms with Gasteiger partial charge in [-0.3, -0.25) is 9.59 Å². The molecule has 4 rings (SSSR count). The molecule has 0 bridgehead atoms. The van der Waals surface area contributed by atoms with E-state index in [4.69, 9.17) is 5.26 Å². The van der Waals surface area contributed by atoms with E-state index < -0.39 is 0 Å². The van der Waals surface area contributed by atoms with E-state index in [1.54, 1.807) is 18.2 Å². The minimum absolute atomic E-state index is 0.0101. The number of benzene rings is 2. The first-order valence-corrected chi connectivity index (χ1v) is 9.84. The second-order valence-electron chi connectivity index (χ2n) is 7.64. The molecule has 2 aromatic carbocycles. The number of carbonyl (C=O) groups is 2. The molecule has 2 aromatic rings. The molecule has 5 heteroatoms. The maximum Gasteiger partial charge on any atom is 0.251 e. The smallest absolute Gasteiger partial charge is 0.251 e. The van der Waals surface area contributed by atoms with Gasteiger partial charge in [-0.15, -0.1) is 0 Å². The summed E-state index contributed by atoms with van der Waals surface area (Å²) in [5, 5.41) is 12.1. The van der Waals surface area contributed by atoms with E-state index in [-0.39, 0.29) is 23.8 Å². The number of rotatable bonds is 4. The molecular formula is C23H23N3O2. The van der Waals surface area contributed by atoms with Crippen molar-refractivity contribution in [1.82, 2.24) is 10.2 Å². The molecule has 1 saturated heterocycles. The summed E-state index contributed by atoms with van der Waals surface area (Å²) >= 11 is 0. The number of hydrogen-bond acceptors (Lipinski definition) is 3. The minimum atomic E-state index is -0.108. The summed E-state index contributed by atoms with van der Waals surface area (Å²) < 4.78 is 0. The summed E-state index contributed by atoms with van der Waals surface area (Å²) in [6.45, 7) is 1.41. The Morgan fingerprint density at radius 1 is 1.04 bits per heavy atom. The van der Waals surface area contributed by atoms with Gasteiger partial charge in [0.15, 0.2) is 0 Å². The predicted octanol–water partition coefficient (Wildman–Crippen LogP) is 3.36. The van der Waals surface area contributed by atoms with Crippen molar-refractivity contribution in [2.24, 2.45) is 5.92 Å². The second-order valence-corrected chi connectivity index (χ2v) is 7.64. The third-order valence-corrected chi connectivity index (χ3v) is 5.47. The van der Waals surface area contributed by atoms with Crippen LogP contribution in [0.5, 0.6) is 0 Å². The molecule has 142 valence electrons. The van der Waals surface area contributed by atoms with Gasteiger partial charge < -0.3 is 10.2 Å². The van der Waals surface area contributed by atoms with Gasteiger partial charge >= 0.3 is 0 Å². The van der Waals surface area contributed by atoms with Crippen LogP contribution in [0.15, 0.2) is 48.5 Å². The maximum absolute atomic E-state index is 12.6. The molecule has 1 N–H and O–H groups in total. The number of nitrogens with one attached hydrogen (secondary N) is 1. The topological polar surface area (TPSA) is 73.2 Å². The second kappa shape index (κ2) is 7.85. The van der Waals surface area contributed by atoms with Gasteiger partial charge in [-0.1, -0.05) is 24.3 Å². The Morgan fingerprint density at radius 3 is 2.54 bits per heavy atom. The van der Waals surface area contributed by atoms with Crippen molar-refractivity contribution in [2.75, 3.05) is 13.1 Å². The Labute approximate surface area is 165 Å². The van der Waals surface area contributed by atoms with E-state index in [0.717, 1.165) is 43.4 Å². The molecule has 2 fully saturated rings. The monoisotopic (exact) mass is 373 g/mol. The standard InChI is InChI=1S/C23H23N3O2/c24-14-16-3-1-4-20(13-16)17-6-8-18(9-7-17)22(27)25-21-5-2-12-26(15-21)23(28)19-10-11-19/h1,3-4,6-9,13,19,21H,2,5,10-12,15H2,(H,25,27). The largest absolute Gasteiger partial charge is 0.348 e. The molecule has 1 unspecified atom stereocenters. The fraction of sp³-hybridized carbons (Fsp3) is 0.348. The predicted molar refractivity (Wildman–Crippen MR) is 106 cm³/mol. The van der Waals surface area contributed by atoms with Crippen molar-refractivity contribution in [3.8, 4) is 17.2 Å².